The van der Waals surface area contributed by atoms with E-state index in [0.717, 1.165) is 12.1 Å². The summed E-state index contributed by atoms with van der Waals surface area (Å²) in [4.78, 5) is 25.8. The van der Waals surface area contributed by atoms with Gasteiger partial charge < -0.3 is 15.7 Å². The molecular formula is C14H20ClN3O3. The lowest BCUT2D eigenvalue weighted by Crippen LogP contribution is -2.35. The van der Waals surface area contributed by atoms with E-state index in [-0.39, 0.29) is 6.54 Å². The van der Waals surface area contributed by atoms with Crippen LogP contribution in [0.2, 0.25) is 5.02 Å². The van der Waals surface area contributed by atoms with Gasteiger partial charge in [0.05, 0.1) is 6.54 Å². The number of carbonyl (C=O) groups is 2. The standard InChI is InChI=1S/C14H20ClN3O3/c1-17(2)5-6-18(9-13(19)20)8-11-4-3-10(14(16)21)7-12(11)15/h3-4,7H,5-6,8-9H2,1-2H3,(H2,16,21)(H,19,20). The molecule has 0 aliphatic rings. The molecule has 0 aliphatic carbocycles. The topological polar surface area (TPSA) is 86.9 Å². The Kier molecular flexibility index (Phi) is 6.61. The second-order valence-corrected chi connectivity index (χ2v) is 5.49. The fourth-order valence-electron chi connectivity index (χ4n) is 1.82. The van der Waals surface area contributed by atoms with Gasteiger partial charge in [0, 0.05) is 30.2 Å². The molecule has 0 radical (unpaired) electrons. The zero-order valence-electron chi connectivity index (χ0n) is 12.2. The number of nitrogens with zero attached hydrogens (tertiary/aromatic N) is 2. The van der Waals surface area contributed by atoms with Crippen molar-refractivity contribution in [1.29, 1.82) is 0 Å². The third-order valence-electron chi connectivity index (χ3n) is 2.95. The molecule has 0 unspecified atom stereocenters. The largest absolute Gasteiger partial charge is 0.480 e. The van der Waals surface area contributed by atoms with Crippen molar-refractivity contribution in [3.63, 3.8) is 0 Å². The lowest BCUT2D eigenvalue weighted by Gasteiger charge is -2.23. The van der Waals surface area contributed by atoms with E-state index in [1.165, 1.54) is 6.07 Å². The molecule has 0 fully saturated rings. The van der Waals surface area contributed by atoms with Crippen molar-refractivity contribution >= 4 is 23.5 Å². The average Bonchev–Trinajstić information content (AvgIpc) is 2.37. The monoisotopic (exact) mass is 313 g/mol. The first-order valence-corrected chi connectivity index (χ1v) is 6.84. The molecular weight excluding hydrogens is 294 g/mol. The molecule has 7 heteroatoms. The summed E-state index contributed by atoms with van der Waals surface area (Å²) in [5.74, 6) is -1.43. The molecule has 3 N–H and O–H groups in total. The Morgan fingerprint density at radius 1 is 1.29 bits per heavy atom. The molecule has 0 aliphatic heterocycles. The Morgan fingerprint density at radius 2 is 1.95 bits per heavy atom. The number of amides is 1. The van der Waals surface area contributed by atoms with Gasteiger partial charge in [-0.15, -0.1) is 0 Å². The highest BCUT2D eigenvalue weighted by Gasteiger charge is 2.13. The Labute approximate surface area is 129 Å². The van der Waals surface area contributed by atoms with E-state index in [9.17, 15) is 9.59 Å². The number of hydrogen-bond acceptors (Lipinski definition) is 4. The second kappa shape index (κ2) is 7.97. The van der Waals surface area contributed by atoms with Crippen LogP contribution in [0.15, 0.2) is 18.2 Å². The summed E-state index contributed by atoms with van der Waals surface area (Å²) in [5.41, 5.74) is 6.29. The summed E-state index contributed by atoms with van der Waals surface area (Å²) >= 11 is 6.12. The smallest absolute Gasteiger partial charge is 0.317 e. The molecule has 0 saturated heterocycles. The minimum atomic E-state index is -0.890. The first kappa shape index (κ1) is 17.4. The van der Waals surface area contributed by atoms with Gasteiger partial charge in [0.1, 0.15) is 0 Å². The highest BCUT2D eigenvalue weighted by Crippen LogP contribution is 2.19. The second-order valence-electron chi connectivity index (χ2n) is 5.08. The molecule has 21 heavy (non-hydrogen) atoms. The van der Waals surface area contributed by atoms with Gasteiger partial charge in [-0.3, -0.25) is 14.5 Å². The molecule has 0 heterocycles. The van der Waals surface area contributed by atoms with E-state index in [4.69, 9.17) is 22.4 Å². The van der Waals surface area contributed by atoms with Crippen LogP contribution in [0.3, 0.4) is 0 Å². The summed E-state index contributed by atoms with van der Waals surface area (Å²) in [6.07, 6.45) is 0. The molecule has 1 aromatic rings. The number of likely N-dealkylation sites (N-methyl/N-ethyl adjacent to an activating group) is 1. The third-order valence-corrected chi connectivity index (χ3v) is 3.31. The van der Waals surface area contributed by atoms with Crippen LogP contribution in [0.1, 0.15) is 15.9 Å². The zero-order chi connectivity index (χ0) is 16.0. The number of nitrogens with two attached hydrogens (primary N) is 1. The van der Waals surface area contributed by atoms with Gasteiger partial charge in [0.25, 0.3) is 0 Å². The quantitative estimate of drug-likeness (QED) is 0.744. The van der Waals surface area contributed by atoms with Crippen LogP contribution in [-0.4, -0.2) is 60.5 Å². The molecule has 116 valence electrons. The Morgan fingerprint density at radius 3 is 2.43 bits per heavy atom. The summed E-state index contributed by atoms with van der Waals surface area (Å²) in [7, 11) is 3.85. The van der Waals surface area contributed by atoms with Crippen LogP contribution >= 0.6 is 11.6 Å². The molecule has 0 atom stereocenters. The van der Waals surface area contributed by atoms with Crippen molar-refractivity contribution < 1.29 is 14.7 Å². The van der Waals surface area contributed by atoms with Gasteiger partial charge >= 0.3 is 5.97 Å². The molecule has 6 nitrogen and oxygen atoms in total. The first-order chi connectivity index (χ1) is 9.79. The normalized spacial score (nSPS) is 11.1. The molecule has 0 aromatic heterocycles. The summed E-state index contributed by atoms with van der Waals surface area (Å²) in [6.45, 7) is 1.68. The highest BCUT2D eigenvalue weighted by molar-refractivity contribution is 6.31. The van der Waals surface area contributed by atoms with Gasteiger partial charge in [-0.1, -0.05) is 17.7 Å². The van der Waals surface area contributed by atoms with Crippen LogP contribution in [0.5, 0.6) is 0 Å². The minimum absolute atomic E-state index is 0.0677. The van der Waals surface area contributed by atoms with E-state index >= 15 is 0 Å². The molecule has 0 bridgehead atoms. The van der Waals surface area contributed by atoms with Crippen molar-refractivity contribution in [1.82, 2.24) is 9.80 Å². The number of benzene rings is 1. The van der Waals surface area contributed by atoms with Gasteiger partial charge in [-0.25, -0.2) is 0 Å². The van der Waals surface area contributed by atoms with Crippen molar-refractivity contribution in [2.75, 3.05) is 33.7 Å². The van der Waals surface area contributed by atoms with Crippen molar-refractivity contribution in [2.24, 2.45) is 5.73 Å². The molecule has 1 amide bonds. The Hall–Kier alpha value is -1.63. The summed E-state index contributed by atoms with van der Waals surface area (Å²) in [5, 5.41) is 9.37. The summed E-state index contributed by atoms with van der Waals surface area (Å²) < 4.78 is 0. The van der Waals surface area contributed by atoms with Crippen LogP contribution in [-0.2, 0) is 11.3 Å². The van der Waals surface area contributed by atoms with Crippen LogP contribution < -0.4 is 5.73 Å². The van der Waals surface area contributed by atoms with Crippen molar-refractivity contribution in [2.45, 2.75) is 6.54 Å². The fourth-order valence-corrected chi connectivity index (χ4v) is 2.06. The number of carbonyl (C=O) groups excluding carboxylic acids is 1. The zero-order valence-corrected chi connectivity index (χ0v) is 12.9. The van der Waals surface area contributed by atoms with Gasteiger partial charge in [-0.2, -0.15) is 0 Å². The van der Waals surface area contributed by atoms with Gasteiger partial charge in [-0.05, 0) is 31.8 Å². The lowest BCUT2D eigenvalue weighted by molar-refractivity contribution is -0.138. The molecule has 1 rings (SSSR count). The number of hydrogen-bond donors (Lipinski definition) is 2. The molecule has 0 saturated carbocycles. The highest BCUT2D eigenvalue weighted by atomic mass is 35.5. The number of rotatable bonds is 8. The van der Waals surface area contributed by atoms with Gasteiger partial charge in [0.15, 0.2) is 0 Å². The number of aliphatic carboxylic acids is 1. The van der Waals surface area contributed by atoms with E-state index < -0.39 is 11.9 Å². The summed E-state index contributed by atoms with van der Waals surface area (Å²) in [6, 6.07) is 4.80. The first-order valence-electron chi connectivity index (χ1n) is 6.46. The number of halogens is 1. The molecule has 1 aromatic carbocycles. The van der Waals surface area contributed by atoms with Crippen molar-refractivity contribution in [3.8, 4) is 0 Å². The maximum Gasteiger partial charge on any atom is 0.317 e. The van der Waals surface area contributed by atoms with E-state index in [1.807, 2.05) is 19.0 Å². The van der Waals surface area contributed by atoms with Crippen molar-refractivity contribution in [3.05, 3.63) is 34.3 Å². The maximum atomic E-state index is 11.1. The lowest BCUT2D eigenvalue weighted by atomic mass is 10.1. The third kappa shape index (κ3) is 6.12. The van der Waals surface area contributed by atoms with Crippen LogP contribution in [0.25, 0.3) is 0 Å². The molecule has 0 spiro atoms. The number of carboxylic acid groups (broad SMARTS) is 1. The average molecular weight is 314 g/mol. The van der Waals surface area contributed by atoms with E-state index in [2.05, 4.69) is 0 Å². The predicted octanol–water partition coefficient (Wildman–Crippen LogP) is 0.887. The SMILES string of the molecule is CN(C)CCN(CC(=O)O)Cc1ccc(C(N)=O)cc1Cl. The van der Waals surface area contributed by atoms with Crippen LogP contribution in [0, 0.1) is 0 Å². The fraction of sp³-hybridized carbons (Fsp3) is 0.429. The van der Waals surface area contributed by atoms with E-state index in [1.54, 1.807) is 17.0 Å². The minimum Gasteiger partial charge on any atom is -0.480 e. The van der Waals surface area contributed by atoms with E-state index in [0.29, 0.717) is 23.7 Å². The number of primary amides is 1. The Balaban J connectivity index is 2.82. The van der Waals surface area contributed by atoms with Gasteiger partial charge in [0.2, 0.25) is 5.91 Å². The van der Waals surface area contributed by atoms with Crippen LogP contribution in [0.4, 0.5) is 0 Å². The predicted molar refractivity (Wildman–Crippen MR) is 81.4 cm³/mol. The Bertz CT molecular complexity index is 520. The maximum absolute atomic E-state index is 11.1. The number of carboxylic acids is 1.